The summed E-state index contributed by atoms with van der Waals surface area (Å²) in [6, 6.07) is 9.07. The van der Waals surface area contributed by atoms with Gasteiger partial charge in [-0.25, -0.2) is 4.79 Å². The molecule has 0 bridgehead atoms. The van der Waals surface area contributed by atoms with Crippen molar-refractivity contribution in [2.24, 2.45) is 0 Å². The highest BCUT2D eigenvalue weighted by Crippen LogP contribution is 2.27. The van der Waals surface area contributed by atoms with Crippen molar-refractivity contribution in [2.45, 2.75) is 43.7 Å². The molecule has 0 radical (unpaired) electrons. The van der Waals surface area contributed by atoms with Gasteiger partial charge in [-0.05, 0) is 12.5 Å². The minimum absolute atomic E-state index is 0.484. The van der Waals surface area contributed by atoms with E-state index in [1.165, 1.54) is 0 Å². The van der Waals surface area contributed by atoms with Gasteiger partial charge >= 0.3 is 5.97 Å². The molecule has 1 aromatic carbocycles. The highest BCUT2D eigenvalue weighted by Gasteiger charge is 2.47. The van der Waals surface area contributed by atoms with Crippen LogP contribution in [0.2, 0.25) is 0 Å². The Morgan fingerprint density at radius 2 is 1.76 bits per heavy atom. The highest BCUT2D eigenvalue weighted by atomic mass is 16.7. The second-order valence-electron chi connectivity index (χ2n) is 4.92. The highest BCUT2D eigenvalue weighted by molar-refractivity contribution is 5.73. The molecule has 0 aliphatic carbocycles. The van der Waals surface area contributed by atoms with Crippen LogP contribution in [0.4, 0.5) is 0 Å². The van der Waals surface area contributed by atoms with Gasteiger partial charge in [-0.3, -0.25) is 0 Å². The number of carboxylic acids is 1. The first-order chi connectivity index (χ1) is 9.91. The number of benzene rings is 1. The van der Waals surface area contributed by atoms with Gasteiger partial charge in [-0.15, -0.1) is 0 Å². The Labute approximate surface area is 121 Å². The van der Waals surface area contributed by atoms with Gasteiger partial charge in [-0.2, -0.15) is 0 Å². The zero-order chi connectivity index (χ0) is 15.6. The largest absolute Gasteiger partial charge is 0.479 e. The fourth-order valence-corrected chi connectivity index (χ4v) is 2.17. The van der Waals surface area contributed by atoms with E-state index >= 15 is 0 Å². The number of hydrogen-bond donors (Lipinski definition) is 4. The Kier molecular flexibility index (Phi) is 4.92. The van der Waals surface area contributed by atoms with Crippen LogP contribution >= 0.6 is 0 Å². The Morgan fingerprint density at radius 1 is 1.14 bits per heavy atom. The normalized spacial score (nSPS) is 34.4. The summed E-state index contributed by atoms with van der Waals surface area (Å²) in [5, 5.41) is 38.1. The average molecular weight is 298 g/mol. The van der Waals surface area contributed by atoms with Gasteiger partial charge in [-0.1, -0.05) is 30.3 Å². The molecule has 7 nitrogen and oxygen atoms in total. The maximum atomic E-state index is 11.0. The van der Waals surface area contributed by atoms with E-state index in [0.29, 0.717) is 0 Å². The number of ether oxygens (including phenoxy) is 2. The van der Waals surface area contributed by atoms with Crippen molar-refractivity contribution in [3.63, 3.8) is 0 Å². The van der Waals surface area contributed by atoms with Crippen molar-refractivity contribution in [1.82, 2.24) is 0 Å². The Bertz CT molecular complexity index is 477. The summed E-state index contributed by atoms with van der Waals surface area (Å²) in [4.78, 5) is 11.0. The number of hydrogen-bond acceptors (Lipinski definition) is 6. The van der Waals surface area contributed by atoms with Gasteiger partial charge < -0.3 is 29.9 Å². The van der Waals surface area contributed by atoms with Crippen LogP contribution in [0, 0.1) is 0 Å². The number of aliphatic carboxylic acids is 1. The molecule has 6 atom stereocenters. The van der Waals surface area contributed by atoms with E-state index < -0.39 is 42.8 Å². The molecule has 4 N–H and O–H groups in total. The predicted molar refractivity (Wildman–Crippen MR) is 70.3 cm³/mol. The van der Waals surface area contributed by atoms with Crippen molar-refractivity contribution < 1.29 is 34.7 Å². The first kappa shape index (κ1) is 15.9. The fraction of sp³-hybridized carbons (Fsp3) is 0.500. The lowest BCUT2D eigenvalue weighted by atomic mass is 9.99. The van der Waals surface area contributed by atoms with Crippen LogP contribution in [-0.4, -0.2) is 57.1 Å². The quantitative estimate of drug-likeness (QED) is 0.600. The molecule has 1 aliphatic heterocycles. The van der Waals surface area contributed by atoms with E-state index in [0.717, 1.165) is 5.56 Å². The van der Waals surface area contributed by atoms with Crippen LogP contribution in [0.25, 0.3) is 0 Å². The standard InChI is InChI=1S/C14H18O7/c1-7(8-5-3-2-4-6-8)20-14-11(17)9(15)10(16)12(21-14)13(18)19/h2-7,9-12,14-17H,1H3,(H,18,19)/t7-,9-,10+,11-,12-,14+/m1/s1. The molecule has 0 amide bonds. The van der Waals surface area contributed by atoms with Crippen molar-refractivity contribution in [3.05, 3.63) is 35.9 Å². The summed E-state index contributed by atoms with van der Waals surface area (Å²) in [6.45, 7) is 1.71. The summed E-state index contributed by atoms with van der Waals surface area (Å²) in [7, 11) is 0. The van der Waals surface area contributed by atoms with Gasteiger partial charge in [0.05, 0.1) is 6.10 Å². The monoisotopic (exact) mass is 298 g/mol. The number of aliphatic hydroxyl groups is 3. The zero-order valence-electron chi connectivity index (χ0n) is 11.4. The third kappa shape index (κ3) is 3.39. The topological polar surface area (TPSA) is 116 Å². The van der Waals surface area contributed by atoms with Crippen LogP contribution < -0.4 is 0 Å². The molecule has 1 saturated heterocycles. The van der Waals surface area contributed by atoms with E-state index in [4.69, 9.17) is 14.6 Å². The predicted octanol–water partition coefficient (Wildman–Crippen LogP) is -0.344. The lowest BCUT2D eigenvalue weighted by Crippen LogP contribution is -2.60. The second kappa shape index (κ2) is 6.50. The average Bonchev–Trinajstić information content (AvgIpc) is 2.48. The van der Waals surface area contributed by atoms with Crippen LogP contribution in [0.15, 0.2) is 30.3 Å². The summed E-state index contributed by atoms with van der Waals surface area (Å²) >= 11 is 0. The van der Waals surface area contributed by atoms with Gasteiger partial charge in [0.2, 0.25) is 0 Å². The molecule has 0 unspecified atom stereocenters. The van der Waals surface area contributed by atoms with E-state index in [2.05, 4.69) is 0 Å². The Balaban J connectivity index is 2.09. The molecule has 2 rings (SSSR count). The van der Waals surface area contributed by atoms with Crippen molar-refractivity contribution in [1.29, 1.82) is 0 Å². The van der Waals surface area contributed by atoms with E-state index in [-0.39, 0.29) is 0 Å². The smallest absolute Gasteiger partial charge is 0.335 e. The SMILES string of the molecule is C[C@@H](O[C@H]1O[C@@H](C(=O)O)[C@@H](O)[C@@H](O)[C@H]1O)c1ccccc1. The first-order valence-corrected chi connectivity index (χ1v) is 6.54. The van der Waals surface area contributed by atoms with E-state index in [9.17, 15) is 20.1 Å². The third-order valence-corrected chi connectivity index (χ3v) is 3.42. The summed E-state index contributed by atoms with van der Waals surface area (Å²) in [5.41, 5.74) is 0.806. The molecule has 0 aromatic heterocycles. The van der Waals surface area contributed by atoms with Crippen molar-refractivity contribution >= 4 is 5.97 Å². The third-order valence-electron chi connectivity index (χ3n) is 3.42. The van der Waals surface area contributed by atoms with Gasteiger partial charge in [0.15, 0.2) is 12.4 Å². The Hall–Kier alpha value is -1.51. The lowest BCUT2D eigenvalue weighted by molar-refractivity contribution is -0.304. The molecule has 1 aliphatic rings. The second-order valence-corrected chi connectivity index (χ2v) is 4.92. The summed E-state index contributed by atoms with van der Waals surface area (Å²) < 4.78 is 10.5. The van der Waals surface area contributed by atoms with Gasteiger partial charge in [0.1, 0.15) is 18.3 Å². The molecule has 0 saturated carbocycles. The molecular formula is C14H18O7. The molecule has 7 heteroatoms. The van der Waals surface area contributed by atoms with Crippen molar-refractivity contribution in [3.8, 4) is 0 Å². The maximum Gasteiger partial charge on any atom is 0.335 e. The number of carbonyl (C=O) groups is 1. The number of rotatable bonds is 4. The molecule has 0 spiro atoms. The maximum absolute atomic E-state index is 11.0. The van der Waals surface area contributed by atoms with E-state index in [1.54, 1.807) is 19.1 Å². The van der Waals surface area contributed by atoms with Crippen molar-refractivity contribution in [2.75, 3.05) is 0 Å². The first-order valence-electron chi connectivity index (χ1n) is 6.54. The van der Waals surface area contributed by atoms with Gasteiger partial charge in [0, 0.05) is 0 Å². The zero-order valence-corrected chi connectivity index (χ0v) is 11.4. The number of carboxylic acid groups (broad SMARTS) is 1. The minimum Gasteiger partial charge on any atom is -0.479 e. The van der Waals surface area contributed by atoms with Crippen LogP contribution in [-0.2, 0) is 14.3 Å². The lowest BCUT2D eigenvalue weighted by Gasteiger charge is -2.39. The minimum atomic E-state index is -1.72. The summed E-state index contributed by atoms with van der Waals surface area (Å²) in [6.07, 6.45) is -8.40. The fourth-order valence-electron chi connectivity index (χ4n) is 2.17. The molecule has 1 fully saturated rings. The molecule has 21 heavy (non-hydrogen) atoms. The Morgan fingerprint density at radius 3 is 2.33 bits per heavy atom. The summed E-state index contributed by atoms with van der Waals surface area (Å²) in [5.74, 6) is -1.44. The molecule has 1 heterocycles. The number of aliphatic hydroxyl groups excluding tert-OH is 3. The molecular weight excluding hydrogens is 280 g/mol. The molecule has 116 valence electrons. The van der Waals surface area contributed by atoms with Gasteiger partial charge in [0.25, 0.3) is 0 Å². The van der Waals surface area contributed by atoms with E-state index in [1.807, 2.05) is 18.2 Å². The van der Waals surface area contributed by atoms with Crippen LogP contribution in [0.5, 0.6) is 0 Å². The van der Waals surface area contributed by atoms with Crippen LogP contribution in [0.3, 0.4) is 0 Å². The molecule has 1 aromatic rings. The van der Waals surface area contributed by atoms with Crippen LogP contribution in [0.1, 0.15) is 18.6 Å².